The Balaban J connectivity index is 1.79. The normalized spacial score (nSPS) is 21.5. The van der Waals surface area contributed by atoms with Gasteiger partial charge in [-0.15, -0.1) is 0 Å². The van der Waals surface area contributed by atoms with Crippen molar-refractivity contribution in [3.8, 4) is 0 Å². The number of hydrogen-bond acceptors (Lipinski definition) is 2. The molecule has 0 amide bonds. The average Bonchev–Trinajstić information content (AvgIpc) is 2.30. The molecule has 2 nitrogen and oxygen atoms in total. The van der Waals surface area contributed by atoms with Gasteiger partial charge in [0, 0.05) is 10.1 Å². The van der Waals surface area contributed by atoms with Gasteiger partial charge in [-0.25, -0.2) is 0 Å². The molecule has 1 saturated heterocycles. The SMILES string of the molecule is Ic1ccc(COC2CCCNC2)cc1. The molecular weight excluding hydrogens is 301 g/mol. The van der Waals surface area contributed by atoms with E-state index in [-0.39, 0.29) is 0 Å². The molecular formula is C12H16INO. The van der Waals surface area contributed by atoms with Crippen LogP contribution in [0.4, 0.5) is 0 Å². The van der Waals surface area contributed by atoms with Gasteiger partial charge in [0.2, 0.25) is 0 Å². The van der Waals surface area contributed by atoms with Crippen LogP contribution in [-0.2, 0) is 11.3 Å². The van der Waals surface area contributed by atoms with Gasteiger partial charge in [-0.05, 0) is 59.7 Å². The van der Waals surface area contributed by atoms with Crippen LogP contribution in [0.5, 0.6) is 0 Å². The summed E-state index contributed by atoms with van der Waals surface area (Å²) < 4.78 is 7.12. The van der Waals surface area contributed by atoms with Gasteiger partial charge in [0.15, 0.2) is 0 Å². The molecule has 0 aliphatic carbocycles. The van der Waals surface area contributed by atoms with E-state index >= 15 is 0 Å². The van der Waals surface area contributed by atoms with Crippen molar-refractivity contribution in [1.82, 2.24) is 5.32 Å². The highest BCUT2D eigenvalue weighted by atomic mass is 127. The second-order valence-electron chi connectivity index (χ2n) is 3.91. The summed E-state index contributed by atoms with van der Waals surface area (Å²) >= 11 is 2.32. The fraction of sp³-hybridized carbons (Fsp3) is 0.500. The van der Waals surface area contributed by atoms with Crippen molar-refractivity contribution < 1.29 is 4.74 Å². The van der Waals surface area contributed by atoms with Crippen LogP contribution in [0.15, 0.2) is 24.3 Å². The van der Waals surface area contributed by atoms with Crippen LogP contribution in [0.25, 0.3) is 0 Å². The Bertz CT molecular complexity index is 293. The van der Waals surface area contributed by atoms with E-state index in [1.165, 1.54) is 22.0 Å². The third-order valence-corrected chi connectivity index (χ3v) is 3.37. The van der Waals surface area contributed by atoms with Gasteiger partial charge in [0.05, 0.1) is 12.7 Å². The Morgan fingerprint density at radius 2 is 2.13 bits per heavy atom. The van der Waals surface area contributed by atoms with Crippen molar-refractivity contribution >= 4 is 22.6 Å². The number of benzene rings is 1. The first-order valence-electron chi connectivity index (χ1n) is 5.41. The molecule has 2 rings (SSSR count). The van der Waals surface area contributed by atoms with Gasteiger partial charge in [-0.1, -0.05) is 12.1 Å². The molecule has 0 saturated carbocycles. The fourth-order valence-electron chi connectivity index (χ4n) is 1.76. The van der Waals surface area contributed by atoms with Crippen molar-refractivity contribution in [3.63, 3.8) is 0 Å². The maximum Gasteiger partial charge on any atom is 0.0721 e. The maximum atomic E-state index is 5.84. The summed E-state index contributed by atoms with van der Waals surface area (Å²) in [5, 5.41) is 3.35. The Morgan fingerprint density at radius 3 is 2.80 bits per heavy atom. The first-order chi connectivity index (χ1) is 7.34. The minimum absolute atomic E-state index is 0.401. The number of ether oxygens (including phenoxy) is 1. The second-order valence-corrected chi connectivity index (χ2v) is 5.15. The quantitative estimate of drug-likeness (QED) is 0.865. The molecule has 1 aliphatic heterocycles. The van der Waals surface area contributed by atoms with Crippen molar-refractivity contribution in [1.29, 1.82) is 0 Å². The molecule has 1 heterocycles. The summed E-state index contributed by atoms with van der Waals surface area (Å²) in [6.07, 6.45) is 2.83. The van der Waals surface area contributed by atoms with Gasteiger partial charge >= 0.3 is 0 Å². The monoisotopic (exact) mass is 317 g/mol. The van der Waals surface area contributed by atoms with Crippen molar-refractivity contribution in [2.45, 2.75) is 25.6 Å². The summed E-state index contributed by atoms with van der Waals surface area (Å²) in [6, 6.07) is 8.52. The van der Waals surface area contributed by atoms with Crippen LogP contribution < -0.4 is 5.32 Å². The zero-order valence-electron chi connectivity index (χ0n) is 8.71. The van der Waals surface area contributed by atoms with Crippen LogP contribution in [0.2, 0.25) is 0 Å². The number of hydrogen-bond donors (Lipinski definition) is 1. The lowest BCUT2D eigenvalue weighted by Gasteiger charge is -2.23. The molecule has 82 valence electrons. The van der Waals surface area contributed by atoms with E-state index in [1.54, 1.807) is 0 Å². The summed E-state index contributed by atoms with van der Waals surface area (Å²) in [7, 11) is 0. The molecule has 1 aromatic carbocycles. The molecule has 1 aliphatic rings. The van der Waals surface area contributed by atoms with E-state index in [0.717, 1.165) is 19.7 Å². The second kappa shape index (κ2) is 5.82. The average molecular weight is 317 g/mol. The molecule has 3 heteroatoms. The Morgan fingerprint density at radius 1 is 1.33 bits per heavy atom. The largest absolute Gasteiger partial charge is 0.372 e. The molecule has 1 fully saturated rings. The van der Waals surface area contributed by atoms with Crippen LogP contribution >= 0.6 is 22.6 Å². The highest BCUT2D eigenvalue weighted by Crippen LogP contribution is 2.11. The van der Waals surface area contributed by atoms with E-state index < -0.39 is 0 Å². The van der Waals surface area contributed by atoms with E-state index in [0.29, 0.717) is 6.10 Å². The van der Waals surface area contributed by atoms with E-state index in [1.807, 2.05) is 0 Å². The lowest BCUT2D eigenvalue weighted by molar-refractivity contribution is 0.0253. The standard InChI is InChI=1S/C12H16INO/c13-11-5-3-10(4-6-11)9-15-12-2-1-7-14-8-12/h3-6,12,14H,1-2,7-9H2. The van der Waals surface area contributed by atoms with E-state index in [2.05, 4.69) is 52.2 Å². The first-order valence-corrected chi connectivity index (χ1v) is 6.49. The lowest BCUT2D eigenvalue weighted by Crippen LogP contribution is -2.35. The van der Waals surface area contributed by atoms with Crippen LogP contribution in [0.1, 0.15) is 18.4 Å². The van der Waals surface area contributed by atoms with Gasteiger partial charge in [0.25, 0.3) is 0 Å². The summed E-state index contributed by atoms with van der Waals surface area (Å²) in [5.74, 6) is 0. The Kier molecular flexibility index (Phi) is 4.41. The molecule has 1 N–H and O–H groups in total. The zero-order valence-corrected chi connectivity index (χ0v) is 10.9. The molecule has 1 aromatic rings. The molecule has 0 spiro atoms. The van der Waals surface area contributed by atoms with Crippen molar-refractivity contribution in [3.05, 3.63) is 33.4 Å². The smallest absolute Gasteiger partial charge is 0.0721 e. The first kappa shape index (κ1) is 11.4. The Hall–Kier alpha value is -0.130. The van der Waals surface area contributed by atoms with Gasteiger partial charge < -0.3 is 10.1 Å². The van der Waals surface area contributed by atoms with Gasteiger partial charge in [0.1, 0.15) is 0 Å². The molecule has 1 unspecified atom stereocenters. The molecule has 0 radical (unpaired) electrons. The van der Waals surface area contributed by atoms with Gasteiger partial charge in [-0.3, -0.25) is 0 Å². The third kappa shape index (κ3) is 3.74. The van der Waals surface area contributed by atoms with E-state index in [9.17, 15) is 0 Å². The molecule has 15 heavy (non-hydrogen) atoms. The topological polar surface area (TPSA) is 21.3 Å². The van der Waals surface area contributed by atoms with Crippen molar-refractivity contribution in [2.75, 3.05) is 13.1 Å². The molecule has 1 atom stereocenters. The fourth-order valence-corrected chi connectivity index (χ4v) is 2.12. The highest BCUT2D eigenvalue weighted by molar-refractivity contribution is 14.1. The van der Waals surface area contributed by atoms with Crippen LogP contribution in [0, 0.1) is 3.57 Å². The number of nitrogens with one attached hydrogen (secondary N) is 1. The number of rotatable bonds is 3. The van der Waals surface area contributed by atoms with Crippen LogP contribution in [-0.4, -0.2) is 19.2 Å². The number of halogens is 1. The summed E-state index contributed by atoms with van der Waals surface area (Å²) in [6.45, 7) is 2.89. The minimum atomic E-state index is 0.401. The molecule has 0 bridgehead atoms. The molecule has 0 aromatic heterocycles. The summed E-state index contributed by atoms with van der Waals surface area (Å²) in [5.41, 5.74) is 1.26. The minimum Gasteiger partial charge on any atom is -0.372 e. The lowest BCUT2D eigenvalue weighted by atomic mass is 10.1. The highest BCUT2D eigenvalue weighted by Gasteiger charge is 2.12. The summed E-state index contributed by atoms with van der Waals surface area (Å²) in [4.78, 5) is 0. The van der Waals surface area contributed by atoms with Crippen molar-refractivity contribution in [2.24, 2.45) is 0 Å². The predicted molar refractivity (Wildman–Crippen MR) is 69.8 cm³/mol. The van der Waals surface area contributed by atoms with Gasteiger partial charge in [-0.2, -0.15) is 0 Å². The third-order valence-electron chi connectivity index (χ3n) is 2.65. The van der Waals surface area contributed by atoms with E-state index in [4.69, 9.17) is 4.74 Å². The Labute approximate surface area is 105 Å². The maximum absolute atomic E-state index is 5.84. The zero-order chi connectivity index (χ0) is 10.5. The number of piperidine rings is 1. The predicted octanol–water partition coefficient (Wildman–Crippen LogP) is 2.56. The van der Waals surface area contributed by atoms with Crippen LogP contribution in [0.3, 0.4) is 0 Å².